The summed E-state index contributed by atoms with van der Waals surface area (Å²) in [5, 5.41) is 7.79. The summed E-state index contributed by atoms with van der Waals surface area (Å²) in [6, 6.07) is 34.3. The molecule has 0 fully saturated rings. The van der Waals surface area contributed by atoms with Crippen LogP contribution in [0.3, 0.4) is 0 Å². The summed E-state index contributed by atoms with van der Waals surface area (Å²) < 4.78 is 5.21. The minimum atomic E-state index is 0.112. The molecule has 0 spiro atoms. The van der Waals surface area contributed by atoms with E-state index in [4.69, 9.17) is 4.74 Å². The Bertz CT molecular complexity index is 1860. The number of hydrogen-bond donors (Lipinski definition) is 0. The van der Waals surface area contributed by atoms with Crippen LogP contribution in [0.4, 0.5) is 0 Å². The molecule has 0 aromatic heterocycles. The second-order valence-electron chi connectivity index (χ2n) is 10.8. The third kappa shape index (κ3) is 4.34. The fraction of sp³-hybridized carbons (Fsp3) is 0.135. The average Bonchev–Trinajstić information content (AvgIpc) is 2.93. The van der Waals surface area contributed by atoms with Crippen molar-refractivity contribution in [2.75, 3.05) is 7.11 Å². The maximum absolute atomic E-state index is 5.21. The Kier molecular flexibility index (Phi) is 5.79. The minimum absolute atomic E-state index is 0.112. The molecule has 6 rings (SSSR count). The second kappa shape index (κ2) is 9.30. The second-order valence-corrected chi connectivity index (χ2v) is 10.8. The first kappa shape index (κ1) is 23.7. The predicted molar refractivity (Wildman–Crippen MR) is 161 cm³/mol. The van der Waals surface area contributed by atoms with Crippen LogP contribution in [0, 0.1) is 23.7 Å². The fourth-order valence-corrected chi connectivity index (χ4v) is 5.15. The molecule has 0 saturated heterocycles. The molecule has 1 heteroatoms. The van der Waals surface area contributed by atoms with Crippen LogP contribution >= 0.6 is 0 Å². The zero-order chi connectivity index (χ0) is 26.3. The van der Waals surface area contributed by atoms with Crippen LogP contribution in [0.1, 0.15) is 37.5 Å². The van der Waals surface area contributed by atoms with E-state index in [1.807, 2.05) is 30.3 Å². The molecule has 0 aliphatic heterocycles. The fourth-order valence-electron chi connectivity index (χ4n) is 5.15. The van der Waals surface area contributed by atoms with Crippen molar-refractivity contribution in [2.24, 2.45) is 0 Å². The molecule has 0 aliphatic carbocycles. The lowest BCUT2D eigenvalue weighted by Crippen LogP contribution is -2.10. The van der Waals surface area contributed by atoms with E-state index < -0.39 is 0 Å². The van der Waals surface area contributed by atoms with E-state index in [0.29, 0.717) is 0 Å². The van der Waals surface area contributed by atoms with Gasteiger partial charge in [-0.3, -0.25) is 0 Å². The van der Waals surface area contributed by atoms with Gasteiger partial charge in [0.15, 0.2) is 0 Å². The predicted octanol–water partition coefficient (Wildman–Crippen LogP) is 8.96. The normalized spacial score (nSPS) is 11.3. The zero-order valence-electron chi connectivity index (χ0n) is 22.1. The largest absolute Gasteiger partial charge is 0.497 e. The summed E-state index contributed by atoms with van der Waals surface area (Å²) in [5.41, 5.74) is 5.65. The van der Waals surface area contributed by atoms with Gasteiger partial charge in [0.25, 0.3) is 0 Å². The maximum Gasteiger partial charge on any atom is 0.118 e. The van der Waals surface area contributed by atoms with Gasteiger partial charge >= 0.3 is 0 Å². The summed E-state index contributed by atoms with van der Waals surface area (Å²) in [5.74, 6) is 13.3. The van der Waals surface area contributed by atoms with E-state index in [9.17, 15) is 0 Å². The van der Waals surface area contributed by atoms with Crippen molar-refractivity contribution in [2.45, 2.75) is 26.2 Å². The number of methoxy groups -OCH3 is 1. The zero-order valence-corrected chi connectivity index (χ0v) is 22.1. The molecule has 0 atom stereocenters. The quantitative estimate of drug-likeness (QED) is 0.175. The Morgan fingerprint density at radius 1 is 0.605 bits per heavy atom. The standard InChI is InChI=1S/C37H28O/c1-37(2,3)32-23-29-17-15-27-21-31(22-28-16-18-30(24-32)36(29)35(27)28)34-12-8-7-11-26(34)10-6-5-9-25-13-19-33(38-4)20-14-25/h7-8,11-24H,1-4H3. The van der Waals surface area contributed by atoms with Gasteiger partial charge in [-0.25, -0.2) is 0 Å². The molecule has 0 aliphatic rings. The van der Waals surface area contributed by atoms with Crippen LogP contribution in [-0.2, 0) is 5.41 Å². The highest BCUT2D eigenvalue weighted by Crippen LogP contribution is 2.39. The Morgan fingerprint density at radius 3 is 1.74 bits per heavy atom. The molecule has 6 aromatic carbocycles. The number of rotatable bonds is 2. The molecular weight excluding hydrogens is 460 g/mol. The molecule has 0 unspecified atom stereocenters. The lowest BCUT2D eigenvalue weighted by Gasteiger charge is -2.21. The molecule has 0 amide bonds. The average molecular weight is 489 g/mol. The summed E-state index contributed by atoms with van der Waals surface area (Å²) in [4.78, 5) is 0. The highest BCUT2D eigenvalue weighted by molar-refractivity contribution is 6.24. The highest BCUT2D eigenvalue weighted by atomic mass is 16.5. The van der Waals surface area contributed by atoms with Gasteiger partial charge in [0.05, 0.1) is 7.11 Å². The first-order valence-corrected chi connectivity index (χ1v) is 12.9. The molecule has 38 heavy (non-hydrogen) atoms. The van der Waals surface area contributed by atoms with Crippen LogP contribution < -0.4 is 4.74 Å². The van der Waals surface area contributed by atoms with Crippen LogP contribution in [0.25, 0.3) is 43.4 Å². The van der Waals surface area contributed by atoms with Gasteiger partial charge in [-0.15, -0.1) is 0 Å². The van der Waals surface area contributed by atoms with E-state index in [-0.39, 0.29) is 5.41 Å². The number of ether oxygens (including phenoxy) is 1. The molecule has 0 N–H and O–H groups in total. The van der Waals surface area contributed by atoms with Crippen LogP contribution in [0.2, 0.25) is 0 Å². The van der Waals surface area contributed by atoms with Crippen molar-refractivity contribution in [1.82, 2.24) is 0 Å². The van der Waals surface area contributed by atoms with E-state index in [1.165, 1.54) is 43.4 Å². The van der Waals surface area contributed by atoms with Gasteiger partial charge in [0.2, 0.25) is 0 Å². The van der Waals surface area contributed by atoms with Crippen LogP contribution in [0.15, 0.2) is 97.1 Å². The summed E-state index contributed by atoms with van der Waals surface area (Å²) in [6.45, 7) is 6.82. The molecule has 182 valence electrons. The first-order valence-electron chi connectivity index (χ1n) is 12.9. The molecule has 0 radical (unpaired) electrons. The molecule has 1 nitrogen and oxygen atoms in total. The van der Waals surface area contributed by atoms with Gasteiger partial charge in [0, 0.05) is 11.1 Å². The van der Waals surface area contributed by atoms with Gasteiger partial charge in [-0.2, -0.15) is 0 Å². The van der Waals surface area contributed by atoms with Gasteiger partial charge in [0.1, 0.15) is 5.75 Å². The van der Waals surface area contributed by atoms with Crippen LogP contribution in [-0.4, -0.2) is 7.11 Å². The van der Waals surface area contributed by atoms with E-state index in [2.05, 4.69) is 111 Å². The number of hydrogen-bond acceptors (Lipinski definition) is 1. The minimum Gasteiger partial charge on any atom is -0.497 e. The van der Waals surface area contributed by atoms with Crippen molar-refractivity contribution < 1.29 is 4.74 Å². The molecule has 6 aromatic rings. The third-order valence-electron chi connectivity index (χ3n) is 7.19. The molecule has 0 saturated carbocycles. The Hall–Kier alpha value is -4.72. The van der Waals surface area contributed by atoms with Crippen molar-refractivity contribution in [3.63, 3.8) is 0 Å². The van der Waals surface area contributed by atoms with Gasteiger partial charge in [-0.05, 0) is 109 Å². The Balaban J connectivity index is 1.42. The SMILES string of the molecule is COc1ccc(C#CC#Cc2ccccc2-c2cc3ccc4cc(C(C)(C)C)cc5ccc(c2)c3c45)cc1. The van der Waals surface area contributed by atoms with E-state index >= 15 is 0 Å². The van der Waals surface area contributed by atoms with Crippen molar-refractivity contribution in [3.8, 4) is 40.6 Å². The smallest absolute Gasteiger partial charge is 0.118 e. The summed E-state index contributed by atoms with van der Waals surface area (Å²) in [7, 11) is 1.66. The summed E-state index contributed by atoms with van der Waals surface area (Å²) in [6.07, 6.45) is 0. The lowest BCUT2D eigenvalue weighted by atomic mass is 9.83. The summed E-state index contributed by atoms with van der Waals surface area (Å²) >= 11 is 0. The monoisotopic (exact) mass is 488 g/mol. The Labute approximate surface area is 224 Å². The number of benzene rings is 6. The molecule has 0 heterocycles. The maximum atomic E-state index is 5.21. The van der Waals surface area contributed by atoms with Crippen molar-refractivity contribution in [3.05, 3.63) is 114 Å². The first-order chi connectivity index (χ1) is 18.4. The van der Waals surface area contributed by atoms with Crippen LogP contribution in [0.5, 0.6) is 5.75 Å². The van der Waals surface area contributed by atoms with Gasteiger partial charge in [-0.1, -0.05) is 87.2 Å². The van der Waals surface area contributed by atoms with Crippen molar-refractivity contribution in [1.29, 1.82) is 0 Å². The van der Waals surface area contributed by atoms with Crippen molar-refractivity contribution >= 4 is 32.3 Å². The molecule has 0 bridgehead atoms. The van der Waals surface area contributed by atoms with Gasteiger partial charge < -0.3 is 4.74 Å². The van der Waals surface area contributed by atoms with E-state index in [0.717, 1.165) is 22.4 Å². The third-order valence-corrected chi connectivity index (χ3v) is 7.19. The molecular formula is C37H28O. The van der Waals surface area contributed by atoms with E-state index in [1.54, 1.807) is 7.11 Å². The lowest BCUT2D eigenvalue weighted by molar-refractivity contribution is 0.415. The topological polar surface area (TPSA) is 9.23 Å². The highest BCUT2D eigenvalue weighted by Gasteiger charge is 2.17. The Morgan fingerprint density at radius 2 is 1.16 bits per heavy atom.